The molecule has 2 heterocycles. The zero-order valence-corrected chi connectivity index (χ0v) is 20.6. The molecule has 1 fully saturated rings. The Morgan fingerprint density at radius 1 is 0.973 bits per heavy atom. The lowest BCUT2D eigenvalue weighted by Crippen LogP contribution is -2.40. The summed E-state index contributed by atoms with van der Waals surface area (Å²) in [6.45, 7) is 3.72. The smallest absolute Gasteiger partial charge is 0.450 e. The van der Waals surface area contributed by atoms with Crippen LogP contribution in [0.1, 0.15) is 29.5 Å². The fraction of sp³-hybridized carbons (Fsp3) is 0.310. The first-order valence-electron chi connectivity index (χ1n) is 12.7. The number of halogens is 1. The summed E-state index contributed by atoms with van der Waals surface area (Å²) >= 11 is 0. The van der Waals surface area contributed by atoms with E-state index in [1.165, 1.54) is 17.7 Å². The number of nitrogens with zero attached hydrogens (tertiary/aromatic N) is 3. The van der Waals surface area contributed by atoms with Gasteiger partial charge in [-0.15, -0.1) is 0 Å². The highest BCUT2D eigenvalue weighted by atomic mass is 19.1. The predicted octanol–water partition coefficient (Wildman–Crippen LogP) is 5.54. The Morgan fingerprint density at radius 2 is 1.65 bits per heavy atom. The van der Waals surface area contributed by atoms with Crippen molar-refractivity contribution >= 4 is 23.1 Å². The minimum atomic E-state index is -1.26. The molecule has 1 aromatic heterocycles. The highest BCUT2D eigenvalue weighted by Gasteiger charge is 2.21. The molecule has 0 unspecified atom stereocenters. The minimum Gasteiger partial charge on any atom is -0.450 e. The van der Waals surface area contributed by atoms with Gasteiger partial charge in [-0.1, -0.05) is 48.5 Å². The Hall–Kier alpha value is -3.91. The summed E-state index contributed by atoms with van der Waals surface area (Å²) in [6, 6.07) is 23.0. The molecule has 1 saturated heterocycles. The monoisotopic (exact) mass is 502 g/mol. The fourth-order valence-electron chi connectivity index (χ4n) is 4.84. The molecule has 7 nitrogen and oxygen atoms in total. The van der Waals surface area contributed by atoms with Gasteiger partial charge in [-0.05, 0) is 60.2 Å². The molecule has 0 radical (unpaired) electrons. The van der Waals surface area contributed by atoms with Gasteiger partial charge in [0.05, 0.1) is 17.6 Å². The number of benzene rings is 3. The molecule has 37 heavy (non-hydrogen) atoms. The van der Waals surface area contributed by atoms with E-state index in [-0.39, 0.29) is 12.4 Å². The second kappa shape index (κ2) is 11.4. The lowest BCUT2D eigenvalue weighted by Gasteiger charge is -2.32. The van der Waals surface area contributed by atoms with Crippen molar-refractivity contribution in [3.8, 4) is 0 Å². The maximum atomic E-state index is 13.4. The van der Waals surface area contributed by atoms with Crippen molar-refractivity contribution < 1.29 is 19.0 Å². The summed E-state index contributed by atoms with van der Waals surface area (Å²) in [5.74, 6) is 0.627. The van der Waals surface area contributed by atoms with E-state index in [1.54, 1.807) is 0 Å². The van der Waals surface area contributed by atoms with Crippen LogP contribution < -0.4 is 5.32 Å². The fourth-order valence-corrected chi connectivity index (χ4v) is 4.84. The average Bonchev–Trinajstić information content (AvgIpc) is 3.25. The number of piperidine rings is 1. The zero-order valence-electron chi connectivity index (χ0n) is 20.6. The van der Waals surface area contributed by atoms with Crippen LogP contribution in [0.15, 0.2) is 72.8 Å². The molecular formula is C29H31FN4O3. The molecule has 8 heteroatoms. The summed E-state index contributed by atoms with van der Waals surface area (Å²) in [4.78, 5) is 17.9. The summed E-state index contributed by atoms with van der Waals surface area (Å²) in [7, 11) is 0. The van der Waals surface area contributed by atoms with Gasteiger partial charge in [0.15, 0.2) is 0 Å². The molecule has 3 aromatic carbocycles. The lowest BCUT2D eigenvalue weighted by molar-refractivity contribution is 0.0854. The quantitative estimate of drug-likeness (QED) is 0.293. The van der Waals surface area contributed by atoms with Gasteiger partial charge >= 0.3 is 6.16 Å². The number of carboxylic acid groups (broad SMARTS) is 1. The third-order valence-corrected chi connectivity index (χ3v) is 6.93. The van der Waals surface area contributed by atoms with Crippen LogP contribution in [0.5, 0.6) is 0 Å². The second-order valence-electron chi connectivity index (χ2n) is 9.52. The van der Waals surface area contributed by atoms with E-state index < -0.39 is 6.16 Å². The van der Waals surface area contributed by atoms with Crippen LogP contribution in [0.3, 0.4) is 0 Å². The first kappa shape index (κ1) is 24.8. The summed E-state index contributed by atoms with van der Waals surface area (Å²) in [6.07, 6.45) is 1.76. The third kappa shape index (κ3) is 6.46. The number of anilines is 1. The van der Waals surface area contributed by atoms with Crippen molar-refractivity contribution in [2.24, 2.45) is 0 Å². The highest BCUT2D eigenvalue weighted by molar-refractivity contribution is 5.78. The normalized spacial score (nSPS) is 14.6. The molecular weight excluding hydrogens is 471 g/mol. The van der Waals surface area contributed by atoms with Crippen molar-refractivity contribution in [3.63, 3.8) is 0 Å². The Kier molecular flexibility index (Phi) is 7.65. The zero-order chi connectivity index (χ0) is 25.6. The number of ether oxygens (including phenoxy) is 1. The van der Waals surface area contributed by atoms with Gasteiger partial charge in [0, 0.05) is 25.7 Å². The van der Waals surface area contributed by atoms with Gasteiger partial charge in [0.25, 0.3) is 0 Å². The molecule has 4 aromatic rings. The largest absolute Gasteiger partial charge is 0.506 e. The van der Waals surface area contributed by atoms with Crippen molar-refractivity contribution in [3.05, 3.63) is 95.3 Å². The van der Waals surface area contributed by atoms with Crippen molar-refractivity contribution in [2.45, 2.75) is 38.5 Å². The molecule has 0 saturated carbocycles. The van der Waals surface area contributed by atoms with Crippen LogP contribution >= 0.6 is 0 Å². The number of aromatic nitrogens is 2. The second-order valence-corrected chi connectivity index (χ2v) is 9.52. The Balaban J connectivity index is 1.16. The standard InChI is InChI=1S/C29H31FN4O3/c30-24-11-9-22(10-12-24)19-34-27-4-2-1-3-26(27)32-28(34)31-25-14-17-33(18-15-25)16-13-21-5-7-23(8-6-21)20-37-29(35)36/h1-12,25H,13-20H2,(H,31,32)(H,35,36). The highest BCUT2D eigenvalue weighted by Crippen LogP contribution is 2.24. The SMILES string of the molecule is O=C(O)OCc1ccc(CCN2CCC(Nc3nc4ccccc4n3Cc3ccc(F)cc3)CC2)cc1. The predicted molar refractivity (Wildman–Crippen MR) is 141 cm³/mol. The maximum absolute atomic E-state index is 13.4. The van der Waals surface area contributed by atoms with E-state index in [1.807, 2.05) is 54.6 Å². The summed E-state index contributed by atoms with van der Waals surface area (Å²) in [5.41, 5.74) is 5.12. The van der Waals surface area contributed by atoms with E-state index in [9.17, 15) is 9.18 Å². The summed E-state index contributed by atoms with van der Waals surface area (Å²) < 4.78 is 20.2. The number of fused-ring (bicyclic) bond motifs is 1. The average molecular weight is 503 g/mol. The van der Waals surface area contributed by atoms with E-state index in [0.717, 1.165) is 67.0 Å². The number of hydrogen-bond acceptors (Lipinski definition) is 5. The Morgan fingerprint density at radius 3 is 2.38 bits per heavy atom. The van der Waals surface area contributed by atoms with E-state index in [0.29, 0.717) is 12.6 Å². The number of carbonyl (C=O) groups is 1. The van der Waals surface area contributed by atoms with Crippen molar-refractivity contribution in [1.29, 1.82) is 0 Å². The molecule has 2 N–H and O–H groups in total. The van der Waals surface area contributed by atoms with Crippen LogP contribution in [0.25, 0.3) is 11.0 Å². The number of nitrogens with one attached hydrogen (secondary N) is 1. The molecule has 0 atom stereocenters. The molecule has 1 aliphatic heterocycles. The van der Waals surface area contributed by atoms with Gasteiger partial charge in [-0.3, -0.25) is 0 Å². The maximum Gasteiger partial charge on any atom is 0.506 e. The first-order valence-corrected chi connectivity index (χ1v) is 12.7. The van der Waals surface area contributed by atoms with Gasteiger partial charge in [0.2, 0.25) is 5.95 Å². The van der Waals surface area contributed by atoms with Gasteiger partial charge in [-0.25, -0.2) is 14.2 Å². The van der Waals surface area contributed by atoms with Crippen LogP contribution in [-0.2, 0) is 24.3 Å². The molecule has 192 valence electrons. The van der Waals surface area contributed by atoms with Crippen LogP contribution in [0.4, 0.5) is 15.1 Å². The Bertz CT molecular complexity index is 1330. The van der Waals surface area contributed by atoms with E-state index >= 15 is 0 Å². The molecule has 0 aliphatic carbocycles. The van der Waals surface area contributed by atoms with E-state index in [2.05, 4.69) is 25.6 Å². The molecule has 0 spiro atoms. The number of likely N-dealkylation sites (tertiary alicyclic amines) is 1. The van der Waals surface area contributed by atoms with Gasteiger partial charge in [-0.2, -0.15) is 0 Å². The van der Waals surface area contributed by atoms with Crippen LogP contribution in [-0.4, -0.2) is 51.4 Å². The molecule has 0 amide bonds. The van der Waals surface area contributed by atoms with Gasteiger partial charge < -0.3 is 24.6 Å². The van der Waals surface area contributed by atoms with E-state index in [4.69, 9.17) is 10.1 Å². The topological polar surface area (TPSA) is 79.6 Å². The van der Waals surface area contributed by atoms with Crippen LogP contribution in [0, 0.1) is 5.82 Å². The number of para-hydroxylation sites is 2. The molecule has 0 bridgehead atoms. The minimum absolute atomic E-state index is 0.0772. The number of hydrogen-bond donors (Lipinski definition) is 2. The summed E-state index contributed by atoms with van der Waals surface area (Å²) in [5, 5.41) is 12.3. The number of rotatable bonds is 9. The van der Waals surface area contributed by atoms with Crippen LogP contribution in [0.2, 0.25) is 0 Å². The van der Waals surface area contributed by atoms with Gasteiger partial charge in [0.1, 0.15) is 12.4 Å². The van der Waals surface area contributed by atoms with Crippen molar-refractivity contribution in [2.75, 3.05) is 25.0 Å². The Labute approximate surface area is 215 Å². The number of imidazole rings is 1. The van der Waals surface area contributed by atoms with Crippen molar-refractivity contribution in [1.82, 2.24) is 14.5 Å². The molecule has 1 aliphatic rings. The lowest BCUT2D eigenvalue weighted by atomic mass is 10.0. The first-order chi connectivity index (χ1) is 18.0. The molecule has 5 rings (SSSR count). The third-order valence-electron chi connectivity index (χ3n) is 6.93.